The molecule has 0 saturated heterocycles. The van der Waals surface area contributed by atoms with Crippen LogP contribution in [0.5, 0.6) is 0 Å². The predicted octanol–water partition coefficient (Wildman–Crippen LogP) is 0.0811. The molecular formula is C5H12O4S. The highest BCUT2D eigenvalue weighted by Gasteiger charge is 2.09. The lowest BCUT2D eigenvalue weighted by Gasteiger charge is -2.06. The zero-order chi connectivity index (χ0) is 8.20. The van der Waals surface area contributed by atoms with E-state index in [1.165, 1.54) is 0 Å². The lowest BCUT2D eigenvalue weighted by molar-refractivity contribution is -0.0172. The summed E-state index contributed by atoms with van der Waals surface area (Å²) in [5.41, 5.74) is 0. The average Bonchev–Trinajstić information content (AvgIpc) is 1.59. The first-order valence-electron chi connectivity index (χ1n) is 3.02. The smallest absolute Gasteiger partial charge is 0.266 e. The molecule has 4 nitrogen and oxygen atoms in total. The maximum Gasteiger partial charge on any atom is 0.266 e. The molecule has 0 heterocycles. The van der Waals surface area contributed by atoms with Crippen molar-refractivity contribution in [3.8, 4) is 0 Å². The summed E-state index contributed by atoms with van der Waals surface area (Å²) >= 11 is 0. The van der Waals surface area contributed by atoms with E-state index >= 15 is 0 Å². The highest BCUT2D eigenvalue weighted by Crippen LogP contribution is 2.00. The van der Waals surface area contributed by atoms with Crippen molar-refractivity contribution in [2.75, 3.05) is 6.26 Å². The van der Waals surface area contributed by atoms with Crippen LogP contribution in [0.3, 0.4) is 0 Å². The average molecular weight is 168 g/mol. The van der Waals surface area contributed by atoms with Crippen LogP contribution in [0.2, 0.25) is 0 Å². The van der Waals surface area contributed by atoms with Crippen LogP contribution >= 0.6 is 0 Å². The quantitative estimate of drug-likeness (QED) is 0.477. The van der Waals surface area contributed by atoms with Crippen LogP contribution in [0, 0.1) is 0 Å². The third-order valence-electron chi connectivity index (χ3n) is 0.821. The topological polar surface area (TPSA) is 63.6 Å². The summed E-state index contributed by atoms with van der Waals surface area (Å²) in [4.78, 5) is 0. The minimum Gasteiger partial charge on any atom is -0.367 e. The van der Waals surface area contributed by atoms with Crippen LogP contribution in [-0.2, 0) is 14.3 Å². The molecule has 0 aromatic heterocycles. The summed E-state index contributed by atoms with van der Waals surface area (Å²) in [6, 6.07) is 0. The van der Waals surface area contributed by atoms with Gasteiger partial charge in [-0.05, 0) is 6.42 Å². The predicted molar refractivity (Wildman–Crippen MR) is 36.8 cm³/mol. The zero-order valence-electron chi connectivity index (χ0n) is 6.07. The Hall–Kier alpha value is -0.130. The van der Waals surface area contributed by atoms with E-state index in [1.807, 2.05) is 6.92 Å². The van der Waals surface area contributed by atoms with Gasteiger partial charge in [0.25, 0.3) is 10.1 Å². The fourth-order valence-corrected chi connectivity index (χ4v) is 0.997. The van der Waals surface area contributed by atoms with E-state index in [2.05, 4.69) is 4.18 Å². The van der Waals surface area contributed by atoms with Crippen molar-refractivity contribution < 1.29 is 17.7 Å². The summed E-state index contributed by atoms with van der Waals surface area (Å²) in [6.45, 7) is 1.83. The van der Waals surface area contributed by atoms with Gasteiger partial charge in [-0.3, -0.25) is 0 Å². The first-order valence-corrected chi connectivity index (χ1v) is 4.83. The van der Waals surface area contributed by atoms with E-state index in [1.54, 1.807) is 0 Å². The highest BCUT2D eigenvalue weighted by atomic mass is 32.2. The molecular weight excluding hydrogens is 156 g/mol. The van der Waals surface area contributed by atoms with Gasteiger partial charge < -0.3 is 5.11 Å². The molecule has 0 amide bonds. The third kappa shape index (κ3) is 6.00. The van der Waals surface area contributed by atoms with Gasteiger partial charge in [-0.1, -0.05) is 13.3 Å². The lowest BCUT2D eigenvalue weighted by atomic mass is 10.3. The molecule has 0 spiro atoms. The molecule has 0 fully saturated rings. The Morgan fingerprint density at radius 3 is 2.40 bits per heavy atom. The maximum atomic E-state index is 10.3. The fourth-order valence-electron chi connectivity index (χ4n) is 0.497. The largest absolute Gasteiger partial charge is 0.367 e. The lowest BCUT2D eigenvalue weighted by Crippen LogP contribution is -2.16. The van der Waals surface area contributed by atoms with Crippen molar-refractivity contribution in [1.82, 2.24) is 0 Å². The first kappa shape index (κ1) is 9.87. The minimum atomic E-state index is -3.50. The van der Waals surface area contributed by atoms with E-state index in [0.717, 1.165) is 6.26 Å². The van der Waals surface area contributed by atoms with Crippen LogP contribution in [0.1, 0.15) is 19.8 Å². The van der Waals surface area contributed by atoms with E-state index < -0.39 is 16.4 Å². The van der Waals surface area contributed by atoms with E-state index in [0.29, 0.717) is 12.8 Å². The SMILES string of the molecule is CCCC(O)OS(C)(=O)=O. The summed E-state index contributed by atoms with van der Waals surface area (Å²) < 4.78 is 24.9. The monoisotopic (exact) mass is 168 g/mol. The summed E-state index contributed by atoms with van der Waals surface area (Å²) in [7, 11) is -3.50. The molecule has 1 unspecified atom stereocenters. The molecule has 0 aliphatic carbocycles. The first-order chi connectivity index (χ1) is 4.45. The molecule has 1 N–H and O–H groups in total. The molecule has 0 aromatic carbocycles. The summed E-state index contributed by atoms with van der Waals surface area (Å²) in [6.07, 6.45) is 0.760. The fraction of sp³-hybridized carbons (Fsp3) is 1.00. The molecule has 0 radical (unpaired) electrons. The molecule has 0 aromatic rings. The molecule has 0 rings (SSSR count). The Labute approximate surface area is 60.9 Å². The molecule has 5 heteroatoms. The van der Waals surface area contributed by atoms with Gasteiger partial charge in [0.05, 0.1) is 6.26 Å². The highest BCUT2D eigenvalue weighted by molar-refractivity contribution is 7.86. The van der Waals surface area contributed by atoms with Gasteiger partial charge in [-0.2, -0.15) is 8.42 Å². The Kier molecular flexibility index (Phi) is 3.85. The van der Waals surface area contributed by atoms with E-state index in [-0.39, 0.29) is 0 Å². The number of rotatable bonds is 4. The second kappa shape index (κ2) is 3.90. The van der Waals surface area contributed by atoms with Gasteiger partial charge in [0, 0.05) is 0 Å². The molecule has 0 saturated carbocycles. The summed E-state index contributed by atoms with van der Waals surface area (Å²) in [5, 5.41) is 8.78. The van der Waals surface area contributed by atoms with Gasteiger partial charge in [0.2, 0.25) is 0 Å². The number of hydrogen-bond donors (Lipinski definition) is 1. The van der Waals surface area contributed by atoms with E-state index in [9.17, 15) is 8.42 Å². The van der Waals surface area contributed by atoms with Crippen molar-refractivity contribution >= 4 is 10.1 Å². The molecule has 1 atom stereocenters. The van der Waals surface area contributed by atoms with Gasteiger partial charge in [0.15, 0.2) is 6.29 Å². The van der Waals surface area contributed by atoms with Gasteiger partial charge in [0.1, 0.15) is 0 Å². The Morgan fingerprint density at radius 1 is 1.60 bits per heavy atom. The van der Waals surface area contributed by atoms with Crippen molar-refractivity contribution in [2.45, 2.75) is 26.1 Å². The number of hydrogen-bond acceptors (Lipinski definition) is 4. The van der Waals surface area contributed by atoms with Crippen LogP contribution in [0.4, 0.5) is 0 Å². The number of aliphatic hydroxyl groups is 1. The Balaban J connectivity index is 3.69. The van der Waals surface area contributed by atoms with Crippen LogP contribution in [0.25, 0.3) is 0 Å². The molecule has 0 aliphatic heterocycles. The van der Waals surface area contributed by atoms with Crippen LogP contribution in [0.15, 0.2) is 0 Å². The van der Waals surface area contributed by atoms with Gasteiger partial charge >= 0.3 is 0 Å². The zero-order valence-corrected chi connectivity index (χ0v) is 6.89. The summed E-state index contributed by atoms with van der Waals surface area (Å²) in [5.74, 6) is 0. The minimum absolute atomic E-state index is 0.340. The van der Waals surface area contributed by atoms with E-state index in [4.69, 9.17) is 5.11 Å². The van der Waals surface area contributed by atoms with Crippen molar-refractivity contribution in [3.05, 3.63) is 0 Å². The van der Waals surface area contributed by atoms with Crippen LogP contribution in [-0.4, -0.2) is 26.1 Å². The molecule has 0 bridgehead atoms. The molecule has 0 aliphatic rings. The second-order valence-electron chi connectivity index (χ2n) is 2.04. The van der Waals surface area contributed by atoms with Gasteiger partial charge in [-0.25, -0.2) is 4.18 Å². The number of aliphatic hydroxyl groups excluding tert-OH is 1. The van der Waals surface area contributed by atoms with Crippen molar-refractivity contribution in [1.29, 1.82) is 0 Å². The van der Waals surface area contributed by atoms with Crippen molar-refractivity contribution in [3.63, 3.8) is 0 Å². The van der Waals surface area contributed by atoms with Gasteiger partial charge in [-0.15, -0.1) is 0 Å². The second-order valence-corrected chi connectivity index (χ2v) is 3.64. The Bertz CT molecular complexity index is 172. The normalized spacial score (nSPS) is 15.1. The van der Waals surface area contributed by atoms with Crippen molar-refractivity contribution in [2.24, 2.45) is 0 Å². The standard InChI is InChI=1S/C5H12O4S/c1-3-4-5(6)9-10(2,7)8/h5-6H,3-4H2,1-2H3. The molecule has 62 valence electrons. The van der Waals surface area contributed by atoms with Crippen LogP contribution < -0.4 is 0 Å². The third-order valence-corrected chi connectivity index (χ3v) is 1.39. The molecule has 10 heavy (non-hydrogen) atoms. The Morgan fingerprint density at radius 2 is 2.10 bits per heavy atom. The maximum absolute atomic E-state index is 10.3.